The summed E-state index contributed by atoms with van der Waals surface area (Å²) in [5.74, 6) is -0.0863. The van der Waals surface area contributed by atoms with Gasteiger partial charge in [0.1, 0.15) is 18.5 Å². The van der Waals surface area contributed by atoms with E-state index < -0.39 is 29.1 Å². The number of alkyl halides is 1. The van der Waals surface area contributed by atoms with Crippen molar-refractivity contribution in [3.05, 3.63) is 68.8 Å². The Morgan fingerprint density at radius 1 is 1.26 bits per heavy atom. The van der Waals surface area contributed by atoms with Crippen molar-refractivity contribution >= 4 is 27.6 Å². The minimum atomic E-state index is -0.841. The van der Waals surface area contributed by atoms with Crippen LogP contribution in [0.25, 0.3) is 21.7 Å². The lowest BCUT2D eigenvalue weighted by molar-refractivity contribution is 0.331. The van der Waals surface area contributed by atoms with Crippen LogP contribution in [0.4, 0.5) is 14.6 Å². The predicted octanol–water partition coefficient (Wildman–Crippen LogP) is 3.61. The first-order chi connectivity index (χ1) is 14.8. The molecule has 0 saturated heterocycles. The van der Waals surface area contributed by atoms with Gasteiger partial charge >= 0.3 is 0 Å². The van der Waals surface area contributed by atoms with Gasteiger partial charge in [-0.25, -0.2) is 13.5 Å². The average Bonchev–Trinajstić information content (AvgIpc) is 3.47. The van der Waals surface area contributed by atoms with Gasteiger partial charge in [0.05, 0.1) is 22.4 Å². The molecule has 0 spiro atoms. The fraction of sp³-hybridized carbons (Fsp3) is 0.318. The third-order valence-corrected chi connectivity index (χ3v) is 6.07. The molecule has 7 nitrogen and oxygen atoms in total. The first-order valence-corrected chi connectivity index (χ1v) is 9.97. The lowest BCUT2D eigenvalue weighted by atomic mass is 10.1. The van der Waals surface area contributed by atoms with Gasteiger partial charge in [-0.05, 0) is 25.8 Å². The molecule has 1 aliphatic rings. The predicted molar refractivity (Wildman–Crippen MR) is 113 cm³/mol. The number of hydrogen-bond donors (Lipinski definition) is 1. The molecule has 1 N–H and O–H groups in total. The van der Waals surface area contributed by atoms with E-state index in [0.29, 0.717) is 40.6 Å². The van der Waals surface area contributed by atoms with E-state index in [2.05, 4.69) is 10.4 Å². The largest absolute Gasteiger partial charge is 0.461 e. The Labute approximate surface area is 174 Å². The summed E-state index contributed by atoms with van der Waals surface area (Å²) < 4.78 is 35.5. The number of pyridine rings is 1. The van der Waals surface area contributed by atoms with Gasteiger partial charge in [0.15, 0.2) is 11.6 Å². The van der Waals surface area contributed by atoms with E-state index in [0.717, 1.165) is 10.9 Å². The van der Waals surface area contributed by atoms with Crippen LogP contribution in [0.3, 0.4) is 0 Å². The third-order valence-electron chi connectivity index (χ3n) is 6.07. The molecule has 31 heavy (non-hydrogen) atoms. The second kappa shape index (κ2) is 6.76. The standard InChI is InChI=1S/C22H20F2N4O3/c1-12(13-4-3-5-14-17(24)10-31-19(13)14)25-20-16-9-28(22(11-23)6-7-22)18(29)8-15(16)21(30)27(2)26-20/h3-5,8-10,12H,6-7,11H2,1-2H3,(H,25,26)/t12-/m1/s1. The zero-order valence-electron chi connectivity index (χ0n) is 17.0. The van der Waals surface area contributed by atoms with Crippen molar-refractivity contribution in [2.24, 2.45) is 7.05 Å². The normalized spacial score (nSPS) is 16.0. The summed E-state index contributed by atoms with van der Waals surface area (Å²) in [7, 11) is 1.50. The van der Waals surface area contributed by atoms with Gasteiger partial charge in [-0.15, -0.1) is 0 Å². The van der Waals surface area contributed by atoms with Crippen molar-refractivity contribution in [3.8, 4) is 0 Å². The minimum Gasteiger partial charge on any atom is -0.461 e. The summed E-state index contributed by atoms with van der Waals surface area (Å²) in [5.41, 5.74) is -0.549. The molecule has 0 amide bonds. The summed E-state index contributed by atoms with van der Waals surface area (Å²) in [6, 6.07) is 6.06. The number of halogens is 2. The number of furan rings is 1. The molecule has 3 aromatic heterocycles. The molecule has 160 valence electrons. The topological polar surface area (TPSA) is 82.1 Å². The smallest absolute Gasteiger partial charge is 0.274 e. The van der Waals surface area contributed by atoms with Crippen LogP contribution in [0.5, 0.6) is 0 Å². The molecular weight excluding hydrogens is 406 g/mol. The third kappa shape index (κ3) is 2.95. The molecule has 1 atom stereocenters. The molecule has 0 unspecified atom stereocenters. The molecule has 1 fully saturated rings. The van der Waals surface area contributed by atoms with Crippen molar-refractivity contribution < 1.29 is 13.2 Å². The highest BCUT2D eigenvalue weighted by atomic mass is 19.1. The summed E-state index contributed by atoms with van der Waals surface area (Å²) in [4.78, 5) is 25.2. The van der Waals surface area contributed by atoms with Gasteiger partial charge in [-0.1, -0.05) is 12.1 Å². The van der Waals surface area contributed by atoms with Gasteiger partial charge in [-0.2, -0.15) is 5.10 Å². The molecule has 4 aromatic rings. The van der Waals surface area contributed by atoms with Gasteiger partial charge in [0.25, 0.3) is 11.1 Å². The molecule has 1 aliphatic carbocycles. The number of nitrogens with one attached hydrogen (secondary N) is 1. The maximum atomic E-state index is 13.9. The summed E-state index contributed by atoms with van der Waals surface area (Å²) in [6.07, 6.45) is 3.71. The molecular formula is C22H20F2N4O3. The Balaban J connectivity index is 1.65. The van der Waals surface area contributed by atoms with Crippen molar-refractivity contribution in [2.75, 3.05) is 12.0 Å². The molecule has 3 heterocycles. The van der Waals surface area contributed by atoms with Gasteiger partial charge in [-0.3, -0.25) is 9.59 Å². The fourth-order valence-electron chi connectivity index (χ4n) is 4.06. The van der Waals surface area contributed by atoms with Crippen LogP contribution in [-0.4, -0.2) is 21.0 Å². The van der Waals surface area contributed by atoms with Crippen LogP contribution < -0.4 is 16.4 Å². The van der Waals surface area contributed by atoms with Crippen molar-refractivity contribution in [2.45, 2.75) is 31.3 Å². The van der Waals surface area contributed by atoms with E-state index in [9.17, 15) is 18.4 Å². The zero-order chi connectivity index (χ0) is 21.9. The summed E-state index contributed by atoms with van der Waals surface area (Å²) in [5, 5.41) is 8.57. The van der Waals surface area contributed by atoms with E-state index in [1.165, 1.54) is 23.9 Å². The molecule has 0 radical (unpaired) electrons. The lowest BCUT2D eigenvalue weighted by Crippen LogP contribution is -2.33. The second-order valence-electron chi connectivity index (χ2n) is 8.12. The summed E-state index contributed by atoms with van der Waals surface area (Å²) in [6.45, 7) is 1.20. The van der Waals surface area contributed by atoms with Gasteiger partial charge in [0.2, 0.25) is 0 Å². The second-order valence-corrected chi connectivity index (χ2v) is 8.12. The number of rotatable bonds is 5. The van der Waals surface area contributed by atoms with Crippen LogP contribution in [-0.2, 0) is 12.6 Å². The average molecular weight is 426 g/mol. The molecule has 0 aliphatic heterocycles. The number of nitrogens with zero attached hydrogens (tertiary/aromatic N) is 3. The zero-order valence-corrected chi connectivity index (χ0v) is 17.0. The van der Waals surface area contributed by atoms with Crippen molar-refractivity contribution in [3.63, 3.8) is 0 Å². The first-order valence-electron chi connectivity index (χ1n) is 9.97. The van der Waals surface area contributed by atoms with Crippen LogP contribution in [0, 0.1) is 5.82 Å². The highest BCUT2D eigenvalue weighted by Gasteiger charge is 2.45. The van der Waals surface area contributed by atoms with E-state index in [1.54, 1.807) is 12.1 Å². The number of anilines is 1. The Morgan fingerprint density at radius 2 is 2.03 bits per heavy atom. The number of para-hydroxylation sites is 1. The molecule has 9 heteroatoms. The number of fused-ring (bicyclic) bond motifs is 2. The van der Waals surface area contributed by atoms with Crippen LogP contribution in [0.2, 0.25) is 0 Å². The Hall–Kier alpha value is -3.49. The maximum Gasteiger partial charge on any atom is 0.274 e. The minimum absolute atomic E-state index is 0.199. The van der Waals surface area contributed by atoms with Crippen LogP contribution >= 0.6 is 0 Å². The lowest BCUT2D eigenvalue weighted by Gasteiger charge is -2.19. The Bertz CT molecular complexity index is 1450. The highest BCUT2D eigenvalue weighted by molar-refractivity contribution is 5.90. The number of hydrogen-bond acceptors (Lipinski definition) is 5. The van der Waals surface area contributed by atoms with E-state index in [1.807, 2.05) is 13.0 Å². The SMILES string of the molecule is C[C@@H](Nc1nn(C)c(=O)c2cc(=O)n(C3(CF)CC3)cc12)c1cccc2c(F)coc12. The van der Waals surface area contributed by atoms with Crippen molar-refractivity contribution in [1.82, 2.24) is 14.3 Å². The monoisotopic (exact) mass is 426 g/mol. The highest BCUT2D eigenvalue weighted by Crippen LogP contribution is 2.43. The Kier molecular flexibility index (Phi) is 4.25. The summed E-state index contributed by atoms with van der Waals surface area (Å²) >= 11 is 0. The fourth-order valence-corrected chi connectivity index (χ4v) is 4.06. The maximum absolute atomic E-state index is 13.9. The Morgan fingerprint density at radius 3 is 2.74 bits per heavy atom. The number of benzene rings is 1. The van der Waals surface area contributed by atoms with Gasteiger partial charge < -0.3 is 14.3 Å². The van der Waals surface area contributed by atoms with E-state index >= 15 is 0 Å². The number of aryl methyl sites for hydroxylation is 1. The quantitative estimate of drug-likeness (QED) is 0.527. The number of aromatic nitrogens is 3. The molecule has 0 bridgehead atoms. The molecule has 1 saturated carbocycles. The van der Waals surface area contributed by atoms with E-state index in [-0.39, 0.29) is 11.4 Å². The van der Waals surface area contributed by atoms with Crippen LogP contribution in [0.1, 0.15) is 31.4 Å². The van der Waals surface area contributed by atoms with Crippen molar-refractivity contribution in [1.29, 1.82) is 0 Å². The van der Waals surface area contributed by atoms with Gasteiger partial charge in [0, 0.05) is 30.3 Å². The molecule has 1 aromatic carbocycles. The molecule has 5 rings (SSSR count). The van der Waals surface area contributed by atoms with Crippen LogP contribution in [0.15, 0.2) is 50.7 Å². The first kappa shape index (κ1) is 19.5. The van der Waals surface area contributed by atoms with E-state index in [4.69, 9.17) is 4.42 Å².